The van der Waals surface area contributed by atoms with E-state index >= 15 is 0 Å². The van der Waals surface area contributed by atoms with Crippen LogP contribution in [0, 0.1) is 34.5 Å². The van der Waals surface area contributed by atoms with Gasteiger partial charge in [-0.3, -0.25) is 0 Å². The first-order chi connectivity index (χ1) is 9.77. The van der Waals surface area contributed by atoms with E-state index in [4.69, 9.17) is 0 Å². The zero-order valence-corrected chi connectivity index (χ0v) is 17.3. The second kappa shape index (κ2) is 9.14. The van der Waals surface area contributed by atoms with E-state index in [2.05, 4.69) is 81.4 Å². The quantitative estimate of drug-likeness (QED) is 0.401. The summed E-state index contributed by atoms with van der Waals surface area (Å²) in [7, 11) is 0. The topological polar surface area (TPSA) is 0 Å². The molecule has 1 saturated carbocycles. The molecule has 2 aliphatic carbocycles. The summed E-state index contributed by atoms with van der Waals surface area (Å²) in [6.07, 6.45) is 10.5. The van der Waals surface area contributed by atoms with Crippen LogP contribution in [0.1, 0.15) is 94.9 Å². The Morgan fingerprint density at radius 3 is 1.05 bits per heavy atom. The predicted octanol–water partition coefficient (Wildman–Crippen LogP) is 7.74. The highest BCUT2D eigenvalue weighted by Crippen LogP contribution is 2.42. The minimum Gasteiger partial charge on any atom is -0.0882 e. The van der Waals surface area contributed by atoms with Crippen LogP contribution in [0.2, 0.25) is 0 Å². The van der Waals surface area contributed by atoms with E-state index in [1.807, 2.05) is 0 Å². The maximum absolute atomic E-state index is 2.43. The highest BCUT2D eigenvalue weighted by atomic mass is 14.4. The minimum absolute atomic E-state index is 0.500. The van der Waals surface area contributed by atoms with Crippen molar-refractivity contribution in [1.82, 2.24) is 0 Å². The largest absolute Gasteiger partial charge is 0.0882 e. The lowest BCUT2D eigenvalue weighted by atomic mass is 9.66. The summed E-state index contributed by atoms with van der Waals surface area (Å²) >= 11 is 0. The smallest absolute Gasteiger partial charge is 0.0319 e. The average molecular weight is 309 g/mol. The van der Waals surface area contributed by atoms with E-state index in [-0.39, 0.29) is 0 Å². The fraction of sp³-hybridized carbons (Fsp3) is 0.909. The number of hydrogen-bond donors (Lipinski definition) is 0. The van der Waals surface area contributed by atoms with Crippen LogP contribution in [0.5, 0.6) is 0 Å². The Bertz CT molecular complexity index is 266. The van der Waals surface area contributed by atoms with Gasteiger partial charge in [-0.05, 0) is 60.2 Å². The van der Waals surface area contributed by atoms with Crippen molar-refractivity contribution in [1.29, 1.82) is 0 Å². The molecule has 4 atom stereocenters. The predicted molar refractivity (Wildman–Crippen MR) is 103 cm³/mol. The van der Waals surface area contributed by atoms with E-state index in [9.17, 15) is 0 Å². The molecular formula is C22H44. The first-order valence-electron chi connectivity index (χ1n) is 9.42. The lowest BCUT2D eigenvalue weighted by Crippen LogP contribution is -2.30. The van der Waals surface area contributed by atoms with Crippen LogP contribution < -0.4 is 0 Å². The van der Waals surface area contributed by atoms with Crippen molar-refractivity contribution in [3.63, 3.8) is 0 Å². The number of rotatable bonds is 0. The molecular weight excluding hydrogens is 264 g/mol. The first kappa shape index (κ1) is 21.7. The highest BCUT2D eigenvalue weighted by Gasteiger charge is 2.32. The van der Waals surface area contributed by atoms with Gasteiger partial charge in [-0.2, -0.15) is 0 Å². The molecule has 22 heavy (non-hydrogen) atoms. The molecule has 0 amide bonds. The molecule has 0 saturated heterocycles. The van der Waals surface area contributed by atoms with Crippen molar-refractivity contribution >= 4 is 0 Å². The maximum atomic E-state index is 2.43. The van der Waals surface area contributed by atoms with Crippen molar-refractivity contribution in [3.05, 3.63) is 12.2 Å². The van der Waals surface area contributed by atoms with E-state index < -0.39 is 0 Å². The van der Waals surface area contributed by atoms with Gasteiger partial charge in [0.2, 0.25) is 0 Å². The summed E-state index contributed by atoms with van der Waals surface area (Å²) < 4.78 is 0. The van der Waals surface area contributed by atoms with Gasteiger partial charge in [0.05, 0.1) is 0 Å². The van der Waals surface area contributed by atoms with Gasteiger partial charge in [0.1, 0.15) is 0 Å². The van der Waals surface area contributed by atoms with Gasteiger partial charge in [0, 0.05) is 0 Å². The third-order valence-corrected chi connectivity index (χ3v) is 4.03. The zero-order chi connectivity index (χ0) is 17.6. The number of hydrogen-bond acceptors (Lipinski definition) is 0. The summed E-state index contributed by atoms with van der Waals surface area (Å²) in [6, 6.07) is 0. The van der Waals surface area contributed by atoms with Gasteiger partial charge >= 0.3 is 0 Å². The Kier molecular flexibility index (Phi) is 9.03. The standard InChI is InChI=1S/C12H20.2C5H12/c1-9-7-11-5-3-4-6-12(11)8-10(9)2;2*1-5(2,3)4/h3-4,9-12H,5-8H2,1-2H3;2*1-4H3. The van der Waals surface area contributed by atoms with Crippen LogP contribution in [0.25, 0.3) is 0 Å². The molecule has 0 aromatic rings. The molecule has 4 unspecified atom stereocenters. The normalized spacial score (nSPS) is 31.2. The van der Waals surface area contributed by atoms with E-state index in [0.29, 0.717) is 10.8 Å². The van der Waals surface area contributed by atoms with Gasteiger partial charge in [0.25, 0.3) is 0 Å². The Morgan fingerprint density at radius 2 is 0.818 bits per heavy atom. The third-order valence-electron chi connectivity index (χ3n) is 4.03. The Labute approximate surface area is 142 Å². The third kappa shape index (κ3) is 13.4. The van der Waals surface area contributed by atoms with Gasteiger partial charge in [-0.15, -0.1) is 0 Å². The Hall–Kier alpha value is -0.260. The molecule has 0 radical (unpaired) electrons. The second-order valence-corrected chi connectivity index (χ2v) is 10.9. The first-order valence-corrected chi connectivity index (χ1v) is 9.42. The summed E-state index contributed by atoms with van der Waals surface area (Å²) in [5.74, 6) is 4.00. The SMILES string of the molecule is CC(C)(C)C.CC(C)(C)C.CC1CC2CC=CCC2CC1C. The summed E-state index contributed by atoms with van der Waals surface area (Å²) in [5, 5.41) is 0. The van der Waals surface area contributed by atoms with Crippen molar-refractivity contribution in [2.75, 3.05) is 0 Å². The molecule has 0 aliphatic heterocycles. The minimum atomic E-state index is 0.500. The second-order valence-electron chi connectivity index (χ2n) is 10.9. The summed E-state index contributed by atoms with van der Waals surface area (Å²) in [4.78, 5) is 0. The molecule has 0 spiro atoms. The number of allylic oxidation sites excluding steroid dienone is 2. The van der Waals surface area contributed by atoms with E-state index in [1.54, 1.807) is 0 Å². The monoisotopic (exact) mass is 308 g/mol. The van der Waals surface area contributed by atoms with Crippen molar-refractivity contribution < 1.29 is 0 Å². The Morgan fingerprint density at radius 1 is 0.591 bits per heavy atom. The zero-order valence-electron chi connectivity index (χ0n) is 17.3. The highest BCUT2D eigenvalue weighted by molar-refractivity contribution is 4.97. The molecule has 0 bridgehead atoms. The van der Waals surface area contributed by atoms with Gasteiger partial charge in [0.15, 0.2) is 0 Å². The van der Waals surface area contributed by atoms with Gasteiger partial charge in [-0.25, -0.2) is 0 Å². The van der Waals surface area contributed by atoms with Crippen LogP contribution in [-0.4, -0.2) is 0 Å². The molecule has 2 rings (SSSR count). The fourth-order valence-corrected chi connectivity index (χ4v) is 2.92. The lowest BCUT2D eigenvalue weighted by molar-refractivity contribution is 0.130. The van der Waals surface area contributed by atoms with Crippen LogP contribution in [-0.2, 0) is 0 Å². The van der Waals surface area contributed by atoms with Crippen molar-refractivity contribution in [3.8, 4) is 0 Å². The van der Waals surface area contributed by atoms with Crippen LogP contribution in [0.15, 0.2) is 12.2 Å². The molecule has 0 aromatic heterocycles. The van der Waals surface area contributed by atoms with Crippen LogP contribution >= 0.6 is 0 Å². The number of fused-ring (bicyclic) bond motifs is 1. The molecule has 1 fully saturated rings. The van der Waals surface area contributed by atoms with Gasteiger partial charge in [-0.1, -0.05) is 81.4 Å². The molecule has 0 heteroatoms. The molecule has 0 aromatic carbocycles. The molecule has 0 N–H and O–H groups in total. The van der Waals surface area contributed by atoms with E-state index in [0.717, 1.165) is 23.7 Å². The molecule has 2 aliphatic rings. The summed E-state index contributed by atoms with van der Waals surface area (Å²) in [6.45, 7) is 22.4. The maximum Gasteiger partial charge on any atom is -0.0319 e. The van der Waals surface area contributed by atoms with E-state index in [1.165, 1.54) is 25.7 Å². The average Bonchev–Trinajstić information content (AvgIpc) is 2.26. The molecule has 132 valence electrons. The lowest BCUT2D eigenvalue weighted by Gasteiger charge is -2.40. The van der Waals surface area contributed by atoms with Crippen molar-refractivity contribution in [2.45, 2.75) is 94.9 Å². The summed E-state index contributed by atoms with van der Waals surface area (Å²) in [5.41, 5.74) is 1.00. The van der Waals surface area contributed by atoms with Gasteiger partial charge < -0.3 is 0 Å². The molecule has 0 nitrogen and oxygen atoms in total. The Balaban J connectivity index is 0.000000372. The van der Waals surface area contributed by atoms with Crippen LogP contribution in [0.3, 0.4) is 0 Å². The molecule has 0 heterocycles. The van der Waals surface area contributed by atoms with Crippen molar-refractivity contribution in [2.24, 2.45) is 34.5 Å². The fourth-order valence-electron chi connectivity index (χ4n) is 2.92. The van der Waals surface area contributed by atoms with Crippen LogP contribution in [0.4, 0.5) is 0 Å².